The summed E-state index contributed by atoms with van der Waals surface area (Å²) in [6, 6.07) is 27.7. The molecule has 3 rings (SSSR count). The van der Waals surface area contributed by atoms with Crippen molar-refractivity contribution in [3.05, 3.63) is 114 Å². The van der Waals surface area contributed by atoms with Gasteiger partial charge in [0.15, 0.2) is 0 Å². The van der Waals surface area contributed by atoms with Gasteiger partial charge in [0, 0.05) is 0 Å². The van der Waals surface area contributed by atoms with Crippen molar-refractivity contribution in [3.8, 4) is 0 Å². The summed E-state index contributed by atoms with van der Waals surface area (Å²) in [6.07, 6.45) is 3.65. The second-order valence-corrected chi connectivity index (χ2v) is 7.93. The minimum atomic E-state index is -3.61. The van der Waals surface area contributed by atoms with Crippen LogP contribution in [0, 0.1) is 6.92 Å². The Kier molecular flexibility index (Phi) is 8.66. The van der Waals surface area contributed by atoms with Gasteiger partial charge in [-0.1, -0.05) is 84.4 Å². The summed E-state index contributed by atoms with van der Waals surface area (Å²) >= 11 is 0. The molecule has 146 valence electrons. The zero-order valence-electron chi connectivity index (χ0n) is 16.1. The van der Waals surface area contributed by atoms with Crippen LogP contribution in [0.3, 0.4) is 0 Å². The van der Waals surface area contributed by atoms with E-state index < -0.39 is 10.1 Å². The Morgan fingerprint density at radius 3 is 1.68 bits per heavy atom. The van der Waals surface area contributed by atoms with Crippen molar-refractivity contribution in [2.24, 2.45) is 0 Å². The van der Waals surface area contributed by atoms with Crippen LogP contribution in [0.5, 0.6) is 0 Å². The molecular weight excluding hydrogens is 368 g/mol. The summed E-state index contributed by atoms with van der Waals surface area (Å²) in [7, 11) is -3.61. The lowest BCUT2D eigenvalue weighted by Gasteiger charge is -2.03. The van der Waals surface area contributed by atoms with E-state index in [1.807, 2.05) is 6.92 Å². The average Bonchev–Trinajstić information content (AvgIpc) is 2.73. The Labute approximate surface area is 168 Å². The van der Waals surface area contributed by atoms with Gasteiger partial charge in [-0.15, -0.1) is 6.58 Å². The summed E-state index contributed by atoms with van der Waals surface area (Å²) in [4.78, 5) is 0.171. The SMILES string of the molecule is C=CCOS(=O)(=O)c1ccc(C)cc1.c1ccc(CCc2ccccc2)cc1. The van der Waals surface area contributed by atoms with Crippen molar-refractivity contribution < 1.29 is 12.6 Å². The lowest BCUT2D eigenvalue weighted by atomic mass is 10.0. The van der Waals surface area contributed by atoms with Gasteiger partial charge in [0.2, 0.25) is 0 Å². The normalized spacial score (nSPS) is 10.6. The number of aryl methyl sites for hydroxylation is 3. The third-order valence-electron chi connectivity index (χ3n) is 4.04. The molecule has 3 aromatic carbocycles. The second kappa shape index (κ2) is 11.2. The van der Waals surface area contributed by atoms with E-state index in [2.05, 4.69) is 71.4 Å². The van der Waals surface area contributed by atoms with Gasteiger partial charge in [0.05, 0.1) is 11.5 Å². The fourth-order valence-electron chi connectivity index (χ4n) is 2.49. The third-order valence-corrected chi connectivity index (χ3v) is 5.33. The predicted octanol–water partition coefficient (Wildman–Crippen LogP) is 5.36. The van der Waals surface area contributed by atoms with Crippen LogP contribution < -0.4 is 0 Å². The minimum absolute atomic E-state index is 0.00376. The highest BCUT2D eigenvalue weighted by Crippen LogP contribution is 2.12. The van der Waals surface area contributed by atoms with E-state index in [9.17, 15) is 8.42 Å². The van der Waals surface area contributed by atoms with E-state index in [4.69, 9.17) is 0 Å². The fraction of sp³-hybridized carbons (Fsp3) is 0.167. The van der Waals surface area contributed by atoms with Gasteiger partial charge in [-0.3, -0.25) is 4.18 Å². The molecule has 0 atom stereocenters. The van der Waals surface area contributed by atoms with Gasteiger partial charge in [-0.05, 0) is 43.0 Å². The van der Waals surface area contributed by atoms with Crippen LogP contribution in [0.1, 0.15) is 16.7 Å². The fourth-order valence-corrected chi connectivity index (χ4v) is 3.37. The summed E-state index contributed by atoms with van der Waals surface area (Å²) < 4.78 is 27.5. The maximum Gasteiger partial charge on any atom is 0.297 e. The molecule has 0 aliphatic heterocycles. The molecule has 0 aromatic heterocycles. The van der Waals surface area contributed by atoms with Crippen LogP contribution >= 0.6 is 0 Å². The van der Waals surface area contributed by atoms with Gasteiger partial charge >= 0.3 is 0 Å². The molecule has 0 N–H and O–H groups in total. The van der Waals surface area contributed by atoms with E-state index >= 15 is 0 Å². The topological polar surface area (TPSA) is 43.4 Å². The number of rotatable bonds is 7. The van der Waals surface area contributed by atoms with E-state index in [0.29, 0.717) is 0 Å². The van der Waals surface area contributed by atoms with E-state index in [-0.39, 0.29) is 11.5 Å². The third kappa shape index (κ3) is 7.51. The first-order valence-electron chi connectivity index (χ1n) is 9.16. The van der Waals surface area contributed by atoms with Crippen molar-refractivity contribution in [1.82, 2.24) is 0 Å². The molecule has 0 saturated carbocycles. The second-order valence-electron chi connectivity index (χ2n) is 6.31. The number of hydrogen-bond acceptors (Lipinski definition) is 3. The maximum absolute atomic E-state index is 11.4. The molecular formula is C24H26O3S. The summed E-state index contributed by atoms with van der Waals surface area (Å²) in [5, 5.41) is 0. The number of benzene rings is 3. The van der Waals surface area contributed by atoms with Gasteiger partial charge < -0.3 is 0 Å². The van der Waals surface area contributed by atoms with Crippen LogP contribution in [-0.4, -0.2) is 15.0 Å². The van der Waals surface area contributed by atoms with Crippen molar-refractivity contribution in [2.45, 2.75) is 24.7 Å². The van der Waals surface area contributed by atoms with Crippen LogP contribution in [-0.2, 0) is 27.1 Å². The molecule has 4 heteroatoms. The zero-order chi connectivity index (χ0) is 20.2. The van der Waals surface area contributed by atoms with Crippen molar-refractivity contribution in [1.29, 1.82) is 0 Å². The van der Waals surface area contributed by atoms with Gasteiger partial charge in [0.1, 0.15) is 0 Å². The van der Waals surface area contributed by atoms with Crippen LogP contribution in [0.25, 0.3) is 0 Å². The standard InChI is InChI=1S/C14H14.C10H12O3S/c1-3-7-13(8-4-1)11-12-14-9-5-2-6-10-14;1-3-8-13-14(11,12)10-6-4-9(2)5-7-10/h1-10H,11-12H2;3-7H,1,8H2,2H3. The highest BCUT2D eigenvalue weighted by Gasteiger charge is 2.13. The molecule has 0 radical (unpaired) electrons. The van der Waals surface area contributed by atoms with Crippen molar-refractivity contribution in [2.75, 3.05) is 6.61 Å². The Morgan fingerprint density at radius 1 is 0.786 bits per heavy atom. The van der Waals surface area contributed by atoms with Crippen molar-refractivity contribution in [3.63, 3.8) is 0 Å². The molecule has 0 unspecified atom stereocenters. The smallest absolute Gasteiger partial charge is 0.262 e. The van der Waals surface area contributed by atoms with Gasteiger partial charge in [0.25, 0.3) is 10.1 Å². The van der Waals surface area contributed by atoms with E-state index in [1.54, 1.807) is 12.1 Å². The zero-order valence-corrected chi connectivity index (χ0v) is 16.9. The largest absolute Gasteiger partial charge is 0.297 e. The monoisotopic (exact) mass is 394 g/mol. The summed E-state index contributed by atoms with van der Waals surface area (Å²) in [5.41, 5.74) is 3.83. The Hall–Kier alpha value is -2.69. The first kappa shape index (κ1) is 21.6. The average molecular weight is 395 g/mol. The Balaban J connectivity index is 0.000000200. The van der Waals surface area contributed by atoms with Crippen LogP contribution in [0.4, 0.5) is 0 Å². The molecule has 3 nitrogen and oxygen atoms in total. The van der Waals surface area contributed by atoms with Crippen molar-refractivity contribution >= 4 is 10.1 Å². The molecule has 0 spiro atoms. The lowest BCUT2D eigenvalue weighted by Crippen LogP contribution is -2.06. The minimum Gasteiger partial charge on any atom is -0.262 e. The van der Waals surface area contributed by atoms with Gasteiger partial charge in [-0.25, -0.2) is 0 Å². The molecule has 0 fully saturated rings. The Morgan fingerprint density at radius 2 is 1.25 bits per heavy atom. The van der Waals surface area contributed by atoms with Gasteiger partial charge in [-0.2, -0.15) is 8.42 Å². The maximum atomic E-state index is 11.4. The molecule has 0 aliphatic rings. The van der Waals surface area contributed by atoms with E-state index in [1.165, 1.54) is 29.3 Å². The molecule has 0 bridgehead atoms. The first-order chi connectivity index (χ1) is 13.5. The quantitative estimate of drug-likeness (QED) is 0.400. The highest BCUT2D eigenvalue weighted by molar-refractivity contribution is 7.86. The molecule has 0 amide bonds. The summed E-state index contributed by atoms with van der Waals surface area (Å²) in [5.74, 6) is 0. The molecule has 0 aliphatic carbocycles. The molecule has 3 aromatic rings. The summed E-state index contributed by atoms with van der Waals surface area (Å²) in [6.45, 7) is 5.27. The molecule has 28 heavy (non-hydrogen) atoms. The molecule has 0 heterocycles. The van der Waals surface area contributed by atoms with Crippen LogP contribution in [0.2, 0.25) is 0 Å². The molecule has 0 saturated heterocycles. The highest BCUT2D eigenvalue weighted by atomic mass is 32.2. The Bertz CT molecular complexity index is 893. The predicted molar refractivity (Wildman–Crippen MR) is 115 cm³/mol. The number of hydrogen-bond donors (Lipinski definition) is 0. The van der Waals surface area contributed by atoms with Crippen LogP contribution in [0.15, 0.2) is 102 Å². The lowest BCUT2D eigenvalue weighted by molar-refractivity contribution is 0.357. The first-order valence-corrected chi connectivity index (χ1v) is 10.6. The van der Waals surface area contributed by atoms with E-state index in [0.717, 1.165) is 18.4 Å².